The van der Waals surface area contributed by atoms with Crippen molar-refractivity contribution in [2.24, 2.45) is 12.9 Å². The molecular weight excluding hydrogens is 252 g/mol. The number of nitrogens with one attached hydrogen (secondary N) is 1. The van der Waals surface area contributed by atoms with Gasteiger partial charge < -0.3 is 4.74 Å². The summed E-state index contributed by atoms with van der Waals surface area (Å²) in [7, 11) is 3.46. The molecule has 0 fully saturated rings. The third-order valence-corrected chi connectivity index (χ3v) is 3.62. The van der Waals surface area contributed by atoms with E-state index in [1.807, 2.05) is 14.0 Å². The average molecular weight is 268 g/mol. The zero-order valence-electron chi connectivity index (χ0n) is 10.5. The highest BCUT2D eigenvalue weighted by Gasteiger charge is 2.25. The largest absolute Gasteiger partial charge is 0.493 e. The van der Waals surface area contributed by atoms with E-state index >= 15 is 0 Å². The summed E-state index contributed by atoms with van der Waals surface area (Å²) in [6.07, 6.45) is 2.48. The Bertz CT molecular complexity index is 522. The molecule has 7 nitrogen and oxygen atoms in total. The van der Waals surface area contributed by atoms with Gasteiger partial charge in [-0.15, -0.1) is 5.10 Å². The van der Waals surface area contributed by atoms with Crippen LogP contribution in [0, 0.1) is 0 Å². The molecule has 0 aliphatic carbocycles. The van der Waals surface area contributed by atoms with Crippen LogP contribution in [0.4, 0.5) is 0 Å². The second-order valence-corrected chi connectivity index (χ2v) is 4.54. The van der Waals surface area contributed by atoms with Crippen LogP contribution in [0.1, 0.15) is 29.2 Å². The molecule has 2 rings (SSSR count). The maximum Gasteiger partial charge on any atom is 0.162 e. The minimum atomic E-state index is -0.220. The lowest BCUT2D eigenvalue weighted by molar-refractivity contribution is 0.401. The first-order valence-corrected chi connectivity index (χ1v) is 6.33. The minimum absolute atomic E-state index is 0.220. The van der Waals surface area contributed by atoms with Gasteiger partial charge >= 0.3 is 0 Å². The molecule has 0 saturated carbocycles. The van der Waals surface area contributed by atoms with Gasteiger partial charge in [0.15, 0.2) is 5.75 Å². The van der Waals surface area contributed by atoms with Gasteiger partial charge in [-0.25, -0.2) is 5.43 Å². The molecule has 98 valence electrons. The molecule has 2 heterocycles. The maximum absolute atomic E-state index is 5.68. The van der Waals surface area contributed by atoms with Crippen LogP contribution in [-0.4, -0.2) is 26.5 Å². The summed E-state index contributed by atoms with van der Waals surface area (Å²) in [5, 5.41) is 8.28. The van der Waals surface area contributed by atoms with Gasteiger partial charge in [-0.2, -0.15) is 5.10 Å². The van der Waals surface area contributed by atoms with Crippen molar-refractivity contribution >= 4 is 11.5 Å². The van der Waals surface area contributed by atoms with E-state index in [0.717, 1.165) is 22.7 Å². The van der Waals surface area contributed by atoms with Crippen molar-refractivity contribution < 1.29 is 4.74 Å². The molecule has 0 amide bonds. The van der Waals surface area contributed by atoms with Crippen LogP contribution in [-0.2, 0) is 13.5 Å². The lowest BCUT2D eigenvalue weighted by Gasteiger charge is -2.16. The van der Waals surface area contributed by atoms with Crippen molar-refractivity contribution in [1.29, 1.82) is 0 Å². The molecule has 0 bridgehead atoms. The van der Waals surface area contributed by atoms with Crippen LogP contribution >= 0.6 is 11.5 Å². The molecule has 2 aromatic heterocycles. The monoisotopic (exact) mass is 268 g/mol. The number of hydrogen-bond acceptors (Lipinski definition) is 7. The molecule has 1 atom stereocenters. The molecule has 0 spiro atoms. The van der Waals surface area contributed by atoms with E-state index < -0.39 is 0 Å². The van der Waals surface area contributed by atoms with Gasteiger partial charge in [0.2, 0.25) is 0 Å². The van der Waals surface area contributed by atoms with Crippen LogP contribution in [0.25, 0.3) is 0 Å². The number of hydrogen-bond donors (Lipinski definition) is 2. The minimum Gasteiger partial charge on any atom is -0.493 e. The number of ether oxygens (including phenoxy) is 1. The Morgan fingerprint density at radius 3 is 3.00 bits per heavy atom. The highest BCUT2D eigenvalue weighted by atomic mass is 32.1. The van der Waals surface area contributed by atoms with E-state index in [0.29, 0.717) is 5.75 Å². The third kappa shape index (κ3) is 2.09. The molecule has 0 aliphatic rings. The summed E-state index contributed by atoms with van der Waals surface area (Å²) in [5.41, 5.74) is 4.58. The second kappa shape index (κ2) is 5.42. The lowest BCUT2D eigenvalue weighted by atomic mass is 10.1. The van der Waals surface area contributed by atoms with Crippen LogP contribution in [0.2, 0.25) is 0 Å². The average Bonchev–Trinajstić information content (AvgIpc) is 2.98. The SMILES string of the molecule is CCc1nnsc1C(NN)c1c(OC)cnn1C. The third-order valence-electron chi connectivity index (χ3n) is 2.79. The van der Waals surface area contributed by atoms with Crippen molar-refractivity contribution in [1.82, 2.24) is 24.8 Å². The summed E-state index contributed by atoms with van der Waals surface area (Å²) in [6.45, 7) is 2.04. The van der Waals surface area contributed by atoms with E-state index in [2.05, 4.69) is 20.1 Å². The number of rotatable bonds is 5. The van der Waals surface area contributed by atoms with E-state index in [1.165, 1.54) is 11.5 Å². The summed E-state index contributed by atoms with van der Waals surface area (Å²) in [4.78, 5) is 0.988. The number of hydrazine groups is 1. The highest BCUT2D eigenvalue weighted by Crippen LogP contribution is 2.32. The van der Waals surface area contributed by atoms with Crippen molar-refractivity contribution in [2.75, 3.05) is 7.11 Å². The summed E-state index contributed by atoms with van der Waals surface area (Å²) in [5.74, 6) is 6.37. The van der Waals surface area contributed by atoms with Crippen molar-refractivity contribution in [3.63, 3.8) is 0 Å². The zero-order valence-corrected chi connectivity index (χ0v) is 11.4. The fourth-order valence-corrected chi connectivity index (χ4v) is 2.67. The van der Waals surface area contributed by atoms with Crippen LogP contribution in [0.3, 0.4) is 0 Å². The first-order valence-electron chi connectivity index (χ1n) is 5.56. The van der Waals surface area contributed by atoms with Gasteiger partial charge in [-0.3, -0.25) is 10.5 Å². The molecule has 0 saturated heterocycles. The molecule has 0 aromatic carbocycles. The van der Waals surface area contributed by atoms with Gasteiger partial charge in [0, 0.05) is 7.05 Å². The number of methoxy groups -OCH3 is 1. The number of aryl methyl sites for hydroxylation is 2. The van der Waals surface area contributed by atoms with E-state index in [-0.39, 0.29) is 6.04 Å². The Morgan fingerprint density at radius 1 is 1.61 bits per heavy atom. The highest BCUT2D eigenvalue weighted by molar-refractivity contribution is 7.05. The quantitative estimate of drug-likeness (QED) is 0.602. The Morgan fingerprint density at radius 2 is 2.39 bits per heavy atom. The van der Waals surface area contributed by atoms with Crippen molar-refractivity contribution in [2.45, 2.75) is 19.4 Å². The number of aromatic nitrogens is 4. The van der Waals surface area contributed by atoms with Crippen LogP contribution in [0.15, 0.2) is 6.20 Å². The maximum atomic E-state index is 5.68. The van der Waals surface area contributed by atoms with Crippen LogP contribution in [0.5, 0.6) is 5.75 Å². The Balaban J connectivity index is 2.48. The van der Waals surface area contributed by atoms with Gasteiger partial charge in [-0.1, -0.05) is 11.4 Å². The summed E-state index contributed by atoms with van der Waals surface area (Å²) in [6, 6.07) is -0.220. The molecule has 8 heteroatoms. The lowest BCUT2D eigenvalue weighted by Crippen LogP contribution is -2.30. The van der Waals surface area contributed by atoms with Crippen molar-refractivity contribution in [3.05, 3.63) is 22.5 Å². The molecule has 3 N–H and O–H groups in total. The van der Waals surface area contributed by atoms with Crippen molar-refractivity contribution in [3.8, 4) is 5.75 Å². The summed E-state index contributed by atoms with van der Waals surface area (Å²) < 4.78 is 11.0. The molecular formula is C10H16N6OS. The topological polar surface area (TPSA) is 90.9 Å². The number of nitrogens with zero attached hydrogens (tertiary/aromatic N) is 4. The first-order chi connectivity index (χ1) is 8.72. The smallest absolute Gasteiger partial charge is 0.162 e. The van der Waals surface area contributed by atoms with Gasteiger partial charge in [0.25, 0.3) is 0 Å². The van der Waals surface area contributed by atoms with Gasteiger partial charge in [0.05, 0.1) is 23.9 Å². The Kier molecular flexibility index (Phi) is 3.90. The van der Waals surface area contributed by atoms with Gasteiger partial charge in [0.1, 0.15) is 11.7 Å². The summed E-state index contributed by atoms with van der Waals surface area (Å²) >= 11 is 1.33. The molecule has 2 aromatic rings. The standard InChI is InChI=1S/C10H16N6OS/c1-4-6-10(18-15-14-6)8(13-11)9-7(17-3)5-12-16(9)2/h5,8,13H,4,11H2,1-3H3. The zero-order chi connectivity index (χ0) is 13.1. The second-order valence-electron chi connectivity index (χ2n) is 3.76. The predicted molar refractivity (Wildman–Crippen MR) is 68.2 cm³/mol. The fraction of sp³-hybridized carbons (Fsp3) is 0.500. The van der Waals surface area contributed by atoms with Crippen LogP contribution < -0.4 is 16.0 Å². The molecule has 18 heavy (non-hydrogen) atoms. The predicted octanol–water partition coefficient (Wildman–Crippen LogP) is 0.395. The number of nitrogens with two attached hydrogens (primary N) is 1. The fourth-order valence-electron chi connectivity index (χ4n) is 1.87. The Labute approximate surface area is 109 Å². The van der Waals surface area contributed by atoms with Gasteiger partial charge in [-0.05, 0) is 18.0 Å². The molecule has 0 radical (unpaired) electrons. The Hall–Kier alpha value is -1.51. The molecule has 1 unspecified atom stereocenters. The van der Waals surface area contributed by atoms with E-state index in [1.54, 1.807) is 18.0 Å². The van der Waals surface area contributed by atoms with E-state index in [4.69, 9.17) is 10.6 Å². The molecule has 0 aliphatic heterocycles. The normalized spacial score (nSPS) is 12.7. The van der Waals surface area contributed by atoms with E-state index in [9.17, 15) is 0 Å². The first kappa shape index (κ1) is 12.9.